The molecule has 4 aromatic rings. The van der Waals surface area contributed by atoms with E-state index >= 15 is 0 Å². The average molecular weight is 413 g/mol. The summed E-state index contributed by atoms with van der Waals surface area (Å²) >= 11 is 11.7. The molecule has 0 aliphatic carbocycles. The van der Waals surface area contributed by atoms with Crippen LogP contribution in [0.5, 0.6) is 5.88 Å². The van der Waals surface area contributed by atoms with Crippen LogP contribution in [0.15, 0.2) is 46.1 Å². The first kappa shape index (κ1) is 18.0. The van der Waals surface area contributed by atoms with Gasteiger partial charge in [-0.1, -0.05) is 35.0 Å². The summed E-state index contributed by atoms with van der Waals surface area (Å²) < 4.78 is 0.936. The first-order chi connectivity index (χ1) is 13.4. The number of aromatic amines is 1. The average Bonchev–Trinajstić information content (AvgIpc) is 2.67. The van der Waals surface area contributed by atoms with Crippen molar-refractivity contribution in [2.24, 2.45) is 0 Å². The standard InChI is InChI=1S/C19H10Cl2N4O3/c20-11-4-5-12-13(8-11)23-16-15(17(12)26)19(28)25(24-18(16)27)7-1-2-10-3-6-14(21)22-9-10/h3-6,8-9H,7H2,(H,23,26)(H,24,27). The number of aromatic hydroxyl groups is 1. The lowest BCUT2D eigenvalue weighted by molar-refractivity contribution is 0.433. The molecule has 0 bridgehead atoms. The first-order valence-electron chi connectivity index (χ1n) is 8.00. The second-order valence-corrected chi connectivity index (χ2v) is 6.68. The minimum absolute atomic E-state index is 0.0455. The summed E-state index contributed by atoms with van der Waals surface area (Å²) in [6.07, 6.45) is 1.49. The quantitative estimate of drug-likeness (QED) is 0.284. The third-order valence-electron chi connectivity index (χ3n) is 4.04. The number of nitrogens with one attached hydrogen (secondary N) is 1. The second-order valence-electron chi connectivity index (χ2n) is 5.85. The number of H-pyrrole nitrogens is 1. The highest BCUT2D eigenvalue weighted by Gasteiger charge is 2.16. The molecule has 138 valence electrons. The molecular weight excluding hydrogens is 403 g/mol. The molecule has 7 nitrogen and oxygen atoms in total. The van der Waals surface area contributed by atoms with Crippen LogP contribution in [0.3, 0.4) is 0 Å². The monoisotopic (exact) mass is 412 g/mol. The lowest BCUT2D eigenvalue weighted by Gasteiger charge is -2.07. The van der Waals surface area contributed by atoms with E-state index in [-0.39, 0.29) is 22.8 Å². The number of benzene rings is 1. The molecular formula is C19H10Cl2N4O3. The van der Waals surface area contributed by atoms with Gasteiger partial charge in [-0.25, -0.2) is 9.67 Å². The molecule has 1 aromatic carbocycles. The Morgan fingerprint density at radius 1 is 1.18 bits per heavy atom. The Morgan fingerprint density at radius 2 is 2.00 bits per heavy atom. The highest BCUT2D eigenvalue weighted by atomic mass is 35.5. The number of pyridine rings is 2. The Labute approximate surface area is 167 Å². The van der Waals surface area contributed by atoms with Crippen LogP contribution in [0, 0.1) is 11.8 Å². The predicted molar refractivity (Wildman–Crippen MR) is 107 cm³/mol. The molecule has 3 heterocycles. The Kier molecular flexibility index (Phi) is 4.51. The third kappa shape index (κ3) is 3.20. The molecule has 0 aliphatic heterocycles. The van der Waals surface area contributed by atoms with E-state index in [9.17, 15) is 14.7 Å². The zero-order valence-corrected chi connectivity index (χ0v) is 15.5. The zero-order valence-electron chi connectivity index (χ0n) is 14.0. The van der Waals surface area contributed by atoms with E-state index in [4.69, 9.17) is 23.2 Å². The molecule has 0 radical (unpaired) electrons. The van der Waals surface area contributed by atoms with Gasteiger partial charge in [0.05, 0.1) is 5.52 Å². The molecule has 4 rings (SSSR count). The minimum atomic E-state index is -0.658. The smallest absolute Gasteiger partial charge is 0.281 e. The fourth-order valence-electron chi connectivity index (χ4n) is 2.75. The molecule has 0 fully saturated rings. The first-order valence-corrected chi connectivity index (χ1v) is 8.75. The number of halogens is 2. The molecule has 0 aliphatic rings. The Balaban J connectivity index is 1.84. The molecule has 0 saturated carbocycles. The van der Waals surface area contributed by atoms with Gasteiger partial charge >= 0.3 is 0 Å². The molecule has 0 unspecified atom stereocenters. The summed E-state index contributed by atoms with van der Waals surface area (Å²) in [6, 6.07) is 7.88. The van der Waals surface area contributed by atoms with E-state index in [1.54, 1.807) is 18.2 Å². The zero-order chi connectivity index (χ0) is 19.8. The SMILES string of the molecule is O=c1c2ccc(Cl)cc2[nH]c2c(O)nn(CC#Cc3ccc(Cl)nc3)c(=O)c12. The highest BCUT2D eigenvalue weighted by molar-refractivity contribution is 6.31. The molecule has 3 aromatic heterocycles. The molecule has 0 saturated heterocycles. The minimum Gasteiger partial charge on any atom is -0.491 e. The van der Waals surface area contributed by atoms with E-state index in [0.29, 0.717) is 21.3 Å². The highest BCUT2D eigenvalue weighted by Crippen LogP contribution is 2.20. The van der Waals surface area contributed by atoms with Crippen molar-refractivity contribution < 1.29 is 5.11 Å². The lowest BCUT2D eigenvalue weighted by Crippen LogP contribution is -2.27. The van der Waals surface area contributed by atoms with Crippen LogP contribution in [0.25, 0.3) is 21.8 Å². The maximum Gasteiger partial charge on any atom is 0.281 e. The summed E-state index contributed by atoms with van der Waals surface area (Å²) in [4.78, 5) is 32.3. The van der Waals surface area contributed by atoms with Gasteiger partial charge in [-0.05, 0) is 30.3 Å². The van der Waals surface area contributed by atoms with Crippen molar-refractivity contribution in [1.29, 1.82) is 0 Å². The fraction of sp³-hybridized carbons (Fsp3) is 0.0526. The van der Waals surface area contributed by atoms with Crippen LogP contribution >= 0.6 is 23.2 Å². The van der Waals surface area contributed by atoms with Crippen LogP contribution in [0.2, 0.25) is 10.2 Å². The van der Waals surface area contributed by atoms with Crippen LogP contribution in [-0.4, -0.2) is 24.9 Å². The number of rotatable bonds is 1. The summed E-state index contributed by atoms with van der Waals surface area (Å²) in [5.74, 6) is 5.09. The van der Waals surface area contributed by atoms with Gasteiger partial charge in [-0.3, -0.25) is 9.59 Å². The van der Waals surface area contributed by atoms with Gasteiger partial charge in [-0.2, -0.15) is 0 Å². The van der Waals surface area contributed by atoms with Gasteiger partial charge in [0.15, 0.2) is 0 Å². The van der Waals surface area contributed by atoms with Crippen LogP contribution in [-0.2, 0) is 6.54 Å². The third-order valence-corrected chi connectivity index (χ3v) is 4.50. The van der Waals surface area contributed by atoms with Gasteiger partial charge in [-0.15, -0.1) is 5.10 Å². The van der Waals surface area contributed by atoms with E-state index in [0.717, 1.165) is 4.68 Å². The number of fused-ring (bicyclic) bond motifs is 2. The van der Waals surface area contributed by atoms with E-state index < -0.39 is 16.9 Å². The van der Waals surface area contributed by atoms with Crippen molar-refractivity contribution in [3.05, 3.63) is 72.8 Å². The number of nitrogens with zero attached hydrogens (tertiary/aromatic N) is 3. The summed E-state index contributed by atoms with van der Waals surface area (Å²) in [6.45, 7) is -0.122. The van der Waals surface area contributed by atoms with Crippen LogP contribution in [0.1, 0.15) is 5.56 Å². The summed E-state index contributed by atoms with van der Waals surface area (Å²) in [7, 11) is 0. The van der Waals surface area contributed by atoms with Crippen LogP contribution < -0.4 is 11.0 Å². The lowest BCUT2D eigenvalue weighted by atomic mass is 10.1. The number of hydrogen-bond donors (Lipinski definition) is 2. The van der Waals surface area contributed by atoms with Gasteiger partial charge in [0.1, 0.15) is 22.6 Å². The largest absolute Gasteiger partial charge is 0.491 e. The number of hydrogen-bond acceptors (Lipinski definition) is 5. The van der Waals surface area contributed by atoms with Gasteiger partial charge in [0, 0.05) is 22.2 Å². The normalized spacial score (nSPS) is 10.8. The van der Waals surface area contributed by atoms with E-state index in [2.05, 4.69) is 26.9 Å². The van der Waals surface area contributed by atoms with Crippen molar-refractivity contribution in [2.45, 2.75) is 6.54 Å². The molecule has 9 heteroatoms. The van der Waals surface area contributed by atoms with Crippen molar-refractivity contribution in [1.82, 2.24) is 19.7 Å². The maximum absolute atomic E-state index is 12.8. The van der Waals surface area contributed by atoms with Gasteiger partial charge in [0.2, 0.25) is 5.43 Å². The molecule has 0 amide bonds. The molecule has 0 spiro atoms. The second kappa shape index (κ2) is 7.00. The topological polar surface area (TPSA) is 101 Å². The summed E-state index contributed by atoms with van der Waals surface area (Å²) in [5.41, 5.74) is -0.227. The summed E-state index contributed by atoms with van der Waals surface area (Å²) in [5, 5.41) is 14.9. The van der Waals surface area contributed by atoms with Crippen molar-refractivity contribution in [3.63, 3.8) is 0 Å². The number of aromatic nitrogens is 4. The van der Waals surface area contributed by atoms with Crippen molar-refractivity contribution in [3.8, 4) is 17.7 Å². The molecule has 28 heavy (non-hydrogen) atoms. The van der Waals surface area contributed by atoms with Gasteiger partial charge < -0.3 is 10.1 Å². The molecule has 2 N–H and O–H groups in total. The van der Waals surface area contributed by atoms with Crippen molar-refractivity contribution >= 4 is 45.0 Å². The Bertz CT molecular complexity index is 1410. The van der Waals surface area contributed by atoms with E-state index in [1.165, 1.54) is 18.3 Å². The van der Waals surface area contributed by atoms with Gasteiger partial charge in [0.25, 0.3) is 11.4 Å². The fourth-order valence-corrected chi connectivity index (χ4v) is 3.03. The van der Waals surface area contributed by atoms with E-state index in [1.807, 2.05) is 0 Å². The van der Waals surface area contributed by atoms with Crippen molar-refractivity contribution in [2.75, 3.05) is 0 Å². The predicted octanol–water partition coefficient (Wildman–Crippen LogP) is 2.70. The molecule has 0 atom stereocenters. The Hall–Kier alpha value is -3.34. The Morgan fingerprint density at radius 3 is 2.75 bits per heavy atom. The maximum atomic E-state index is 12.8. The van der Waals surface area contributed by atoms with Crippen LogP contribution in [0.4, 0.5) is 0 Å².